The van der Waals surface area contributed by atoms with E-state index in [0.717, 1.165) is 0 Å². The minimum absolute atomic E-state index is 0. The predicted octanol–water partition coefficient (Wildman–Crippen LogP) is 0.0300. The number of hydrogen-bond acceptors (Lipinski definition) is 3. The first-order valence-corrected chi connectivity index (χ1v) is 3.63. The average Bonchev–Trinajstić information content (AvgIpc) is 2.33. The van der Waals surface area contributed by atoms with E-state index in [1.165, 1.54) is 6.92 Å². The third kappa shape index (κ3) is 10.8. The normalized spacial score (nSPS) is 13.3. The second-order valence-electron chi connectivity index (χ2n) is 2.74. The van der Waals surface area contributed by atoms with Crippen molar-refractivity contribution in [3.63, 3.8) is 0 Å². The van der Waals surface area contributed by atoms with Crippen LogP contribution in [0.1, 0.15) is 13.8 Å². The molecule has 0 spiro atoms. The zero-order valence-corrected chi connectivity index (χ0v) is 15.8. The van der Waals surface area contributed by atoms with Crippen LogP contribution < -0.4 is 5.32 Å². The first kappa shape index (κ1) is 36.2. The van der Waals surface area contributed by atoms with E-state index < -0.39 is 0 Å². The fourth-order valence-corrected chi connectivity index (χ4v) is 1.05. The zero-order chi connectivity index (χ0) is 8.43. The summed E-state index contributed by atoms with van der Waals surface area (Å²) in [6, 6.07) is -0.280. The quantitative estimate of drug-likeness (QED) is 0.756. The number of carbonyl (C=O) groups is 2. The SMILES string of the molecule is CC(=O)C(C)N1CNCC1=O.S.S.S.S.S.S. The van der Waals surface area contributed by atoms with Gasteiger partial charge >= 0.3 is 0 Å². The van der Waals surface area contributed by atoms with E-state index in [1.807, 2.05) is 0 Å². The summed E-state index contributed by atoms with van der Waals surface area (Å²) in [4.78, 5) is 23.4. The van der Waals surface area contributed by atoms with Gasteiger partial charge < -0.3 is 4.90 Å². The summed E-state index contributed by atoms with van der Waals surface area (Å²) in [6.45, 7) is 4.10. The second-order valence-corrected chi connectivity index (χ2v) is 2.74. The van der Waals surface area contributed by atoms with E-state index in [4.69, 9.17) is 0 Å². The van der Waals surface area contributed by atoms with Crippen LogP contribution in [0.15, 0.2) is 0 Å². The molecule has 1 atom stereocenters. The minimum atomic E-state index is -0.280. The molecule has 0 radical (unpaired) electrons. The molecule has 0 aromatic heterocycles. The molecule has 0 aromatic carbocycles. The Kier molecular flexibility index (Phi) is 36.6. The standard InChI is InChI=1S/C7H12N2O2.6H2S/c1-5(6(2)10)9-4-8-3-7(9)11;;;;;;/h5,8H,3-4H2,1-2H3;6*1H2. The molecular formula is C7H24N2O2S6. The molecule has 0 aromatic rings. The number of carbonyl (C=O) groups excluding carboxylic acids is 2. The van der Waals surface area contributed by atoms with Crippen molar-refractivity contribution in [1.82, 2.24) is 10.2 Å². The summed E-state index contributed by atoms with van der Waals surface area (Å²) >= 11 is 0. The van der Waals surface area contributed by atoms with Crippen LogP contribution in [0.2, 0.25) is 0 Å². The minimum Gasteiger partial charge on any atom is -0.319 e. The van der Waals surface area contributed by atoms with Crippen molar-refractivity contribution in [2.75, 3.05) is 13.2 Å². The topological polar surface area (TPSA) is 49.4 Å². The number of hydrogen-bond donors (Lipinski definition) is 1. The van der Waals surface area contributed by atoms with E-state index >= 15 is 0 Å². The molecule has 0 aliphatic carbocycles. The molecule has 17 heavy (non-hydrogen) atoms. The maximum atomic E-state index is 11.0. The van der Waals surface area contributed by atoms with E-state index in [9.17, 15) is 9.59 Å². The highest BCUT2D eigenvalue weighted by atomic mass is 32.1. The van der Waals surface area contributed by atoms with Gasteiger partial charge in [-0.15, -0.1) is 0 Å². The summed E-state index contributed by atoms with van der Waals surface area (Å²) in [5.41, 5.74) is 0. The van der Waals surface area contributed by atoms with Gasteiger partial charge in [0.1, 0.15) is 0 Å². The van der Waals surface area contributed by atoms with E-state index in [2.05, 4.69) is 5.32 Å². The zero-order valence-electron chi connectivity index (χ0n) is 9.76. The molecule has 0 bridgehead atoms. The molecule has 1 rings (SSSR count). The van der Waals surface area contributed by atoms with Gasteiger partial charge in [-0.3, -0.25) is 14.9 Å². The molecule has 0 saturated carbocycles. The third-order valence-electron chi connectivity index (χ3n) is 1.93. The Hall–Kier alpha value is 1.20. The molecule has 1 fully saturated rings. The van der Waals surface area contributed by atoms with Gasteiger partial charge in [-0.1, -0.05) is 0 Å². The molecule has 1 aliphatic rings. The lowest BCUT2D eigenvalue weighted by Gasteiger charge is -2.20. The predicted molar refractivity (Wildman–Crippen MR) is 102 cm³/mol. The van der Waals surface area contributed by atoms with E-state index in [0.29, 0.717) is 13.2 Å². The smallest absolute Gasteiger partial charge is 0.238 e. The Balaban J connectivity index is -0.0000000504. The van der Waals surface area contributed by atoms with Gasteiger partial charge in [-0.05, 0) is 13.8 Å². The van der Waals surface area contributed by atoms with E-state index in [-0.39, 0.29) is 98.7 Å². The number of rotatable bonds is 2. The fourth-order valence-electron chi connectivity index (χ4n) is 1.05. The van der Waals surface area contributed by atoms with Gasteiger partial charge in [0.05, 0.1) is 19.3 Å². The molecule has 10 heteroatoms. The van der Waals surface area contributed by atoms with Crippen LogP contribution in [0.5, 0.6) is 0 Å². The number of ketones is 1. The summed E-state index contributed by atoms with van der Waals surface area (Å²) in [6.07, 6.45) is 0. The third-order valence-corrected chi connectivity index (χ3v) is 1.93. The summed E-state index contributed by atoms with van der Waals surface area (Å²) in [5.74, 6) is 0.0368. The first-order valence-electron chi connectivity index (χ1n) is 3.63. The highest BCUT2D eigenvalue weighted by Gasteiger charge is 2.26. The number of nitrogens with one attached hydrogen (secondary N) is 1. The lowest BCUT2D eigenvalue weighted by atomic mass is 10.2. The summed E-state index contributed by atoms with van der Waals surface area (Å²) in [5, 5.41) is 2.88. The Morgan fingerprint density at radius 1 is 1.18 bits per heavy atom. The summed E-state index contributed by atoms with van der Waals surface area (Å²) < 4.78 is 0. The van der Waals surface area contributed by atoms with Gasteiger partial charge in [0.25, 0.3) is 0 Å². The van der Waals surface area contributed by atoms with Crippen LogP contribution in [-0.4, -0.2) is 35.8 Å². The van der Waals surface area contributed by atoms with Crippen LogP contribution in [0.25, 0.3) is 0 Å². The maximum Gasteiger partial charge on any atom is 0.238 e. The van der Waals surface area contributed by atoms with Gasteiger partial charge in [0, 0.05) is 0 Å². The van der Waals surface area contributed by atoms with Gasteiger partial charge in [-0.2, -0.15) is 81.0 Å². The van der Waals surface area contributed by atoms with Crippen LogP contribution in [-0.2, 0) is 9.59 Å². The molecule has 1 amide bonds. The molecule has 1 aliphatic heterocycles. The second kappa shape index (κ2) is 17.2. The number of nitrogens with zero attached hydrogens (tertiary/aromatic N) is 1. The number of amides is 1. The van der Waals surface area contributed by atoms with Crippen molar-refractivity contribution in [1.29, 1.82) is 0 Å². The van der Waals surface area contributed by atoms with Crippen LogP contribution >= 0.6 is 81.0 Å². The van der Waals surface area contributed by atoms with Crippen LogP contribution in [0.4, 0.5) is 0 Å². The van der Waals surface area contributed by atoms with Crippen LogP contribution in [0, 0.1) is 0 Å². The molecular weight excluding hydrogens is 336 g/mol. The van der Waals surface area contributed by atoms with E-state index in [1.54, 1.807) is 11.8 Å². The van der Waals surface area contributed by atoms with Crippen LogP contribution in [0.3, 0.4) is 0 Å². The maximum absolute atomic E-state index is 11.0. The Morgan fingerprint density at radius 2 is 1.59 bits per heavy atom. The van der Waals surface area contributed by atoms with Gasteiger partial charge in [0.15, 0.2) is 5.78 Å². The highest BCUT2D eigenvalue weighted by Crippen LogP contribution is 2.03. The highest BCUT2D eigenvalue weighted by molar-refractivity contribution is 7.60. The molecule has 1 N–H and O–H groups in total. The van der Waals surface area contributed by atoms with Gasteiger partial charge in [0.2, 0.25) is 5.91 Å². The van der Waals surface area contributed by atoms with Crippen molar-refractivity contribution in [2.45, 2.75) is 19.9 Å². The Morgan fingerprint density at radius 3 is 1.82 bits per heavy atom. The largest absolute Gasteiger partial charge is 0.319 e. The fraction of sp³-hybridized carbons (Fsp3) is 0.714. The Bertz CT molecular complexity index is 207. The Labute approximate surface area is 145 Å². The molecule has 1 heterocycles. The lowest BCUT2D eigenvalue weighted by Crippen LogP contribution is -2.39. The molecule has 110 valence electrons. The molecule has 1 unspecified atom stereocenters. The monoisotopic (exact) mass is 360 g/mol. The molecule has 4 nitrogen and oxygen atoms in total. The summed E-state index contributed by atoms with van der Waals surface area (Å²) in [7, 11) is 0. The van der Waals surface area contributed by atoms with Crippen molar-refractivity contribution in [3.05, 3.63) is 0 Å². The lowest BCUT2D eigenvalue weighted by molar-refractivity contribution is -0.134. The van der Waals surface area contributed by atoms with Crippen molar-refractivity contribution in [2.24, 2.45) is 0 Å². The molecule has 1 saturated heterocycles. The van der Waals surface area contributed by atoms with Crippen molar-refractivity contribution < 1.29 is 9.59 Å². The average molecular weight is 361 g/mol. The van der Waals surface area contributed by atoms with Crippen molar-refractivity contribution >= 4 is 92.7 Å². The number of Topliss-reactive ketones (excluding diaryl/α,β-unsaturated/α-hetero) is 1. The first-order chi connectivity index (χ1) is 5.13. The van der Waals surface area contributed by atoms with Crippen molar-refractivity contribution in [3.8, 4) is 0 Å². The van der Waals surface area contributed by atoms with Gasteiger partial charge in [-0.25, -0.2) is 0 Å².